The molecule has 1 saturated heterocycles. The summed E-state index contributed by atoms with van der Waals surface area (Å²) in [7, 11) is 2.12. The van der Waals surface area contributed by atoms with E-state index in [0.29, 0.717) is 5.01 Å². The standard InChI is InChI=1S/C14H25N5OS/c1-4-7-15-14-17-16-12(21-14)13(20)19-9-6-8-18(3)10-11(19)5-2/h11H,4-10H2,1-3H3,(H,15,17). The number of hydrogen-bond donors (Lipinski definition) is 1. The van der Waals surface area contributed by atoms with Gasteiger partial charge in [0.15, 0.2) is 0 Å². The molecule has 2 heterocycles. The van der Waals surface area contributed by atoms with Gasteiger partial charge < -0.3 is 15.1 Å². The van der Waals surface area contributed by atoms with Crippen LogP contribution in [-0.2, 0) is 0 Å². The largest absolute Gasteiger partial charge is 0.360 e. The molecule has 1 N–H and O–H groups in total. The molecule has 1 aromatic rings. The van der Waals surface area contributed by atoms with E-state index in [2.05, 4.69) is 41.3 Å². The van der Waals surface area contributed by atoms with Crippen LogP contribution < -0.4 is 5.32 Å². The number of carbonyl (C=O) groups excluding carboxylic acids is 1. The van der Waals surface area contributed by atoms with Gasteiger partial charge in [0.2, 0.25) is 10.1 Å². The van der Waals surface area contributed by atoms with Gasteiger partial charge in [-0.1, -0.05) is 25.2 Å². The van der Waals surface area contributed by atoms with E-state index in [0.717, 1.165) is 50.6 Å². The zero-order valence-corrected chi connectivity index (χ0v) is 13.9. The first-order valence-corrected chi connectivity index (χ1v) is 8.54. The van der Waals surface area contributed by atoms with Crippen molar-refractivity contribution in [3.8, 4) is 0 Å². The predicted molar refractivity (Wildman–Crippen MR) is 85.9 cm³/mol. The van der Waals surface area contributed by atoms with Gasteiger partial charge in [0.25, 0.3) is 5.91 Å². The highest BCUT2D eigenvalue weighted by Gasteiger charge is 2.28. The van der Waals surface area contributed by atoms with Gasteiger partial charge in [-0.05, 0) is 32.9 Å². The maximum atomic E-state index is 12.7. The summed E-state index contributed by atoms with van der Waals surface area (Å²) in [5.74, 6) is 0.0270. The first-order valence-electron chi connectivity index (χ1n) is 7.72. The third-order valence-corrected chi connectivity index (χ3v) is 4.64. The molecular formula is C14H25N5OS. The van der Waals surface area contributed by atoms with Crippen molar-refractivity contribution in [1.29, 1.82) is 0 Å². The number of aromatic nitrogens is 2. The fourth-order valence-corrected chi connectivity index (χ4v) is 3.32. The van der Waals surface area contributed by atoms with E-state index in [1.165, 1.54) is 11.3 Å². The predicted octanol–water partition coefficient (Wildman–Crippen LogP) is 1.92. The average Bonchev–Trinajstić information content (AvgIpc) is 2.87. The van der Waals surface area contributed by atoms with E-state index in [1.54, 1.807) is 0 Å². The molecule has 1 unspecified atom stereocenters. The normalized spacial score (nSPS) is 20.3. The van der Waals surface area contributed by atoms with Crippen LogP contribution in [0.2, 0.25) is 0 Å². The second kappa shape index (κ2) is 7.70. The van der Waals surface area contributed by atoms with Crippen molar-refractivity contribution in [2.45, 2.75) is 39.2 Å². The van der Waals surface area contributed by atoms with Crippen LogP contribution in [-0.4, -0.2) is 65.2 Å². The summed E-state index contributed by atoms with van der Waals surface area (Å²) in [5, 5.41) is 12.5. The Morgan fingerprint density at radius 1 is 1.38 bits per heavy atom. The van der Waals surface area contributed by atoms with Gasteiger partial charge in [-0.25, -0.2) is 0 Å². The summed E-state index contributed by atoms with van der Waals surface area (Å²) >= 11 is 1.36. The van der Waals surface area contributed by atoms with Gasteiger partial charge in [0.1, 0.15) is 0 Å². The van der Waals surface area contributed by atoms with Gasteiger partial charge in [-0.15, -0.1) is 10.2 Å². The number of nitrogens with one attached hydrogen (secondary N) is 1. The van der Waals surface area contributed by atoms with Crippen molar-refractivity contribution in [3.05, 3.63) is 5.01 Å². The molecule has 2 rings (SSSR count). The summed E-state index contributed by atoms with van der Waals surface area (Å²) in [4.78, 5) is 17.0. The van der Waals surface area contributed by atoms with Crippen molar-refractivity contribution in [2.75, 3.05) is 38.5 Å². The van der Waals surface area contributed by atoms with E-state index in [-0.39, 0.29) is 11.9 Å². The molecule has 0 saturated carbocycles. The number of rotatable bonds is 5. The molecule has 0 aromatic carbocycles. The molecule has 118 valence electrons. The Morgan fingerprint density at radius 2 is 2.19 bits per heavy atom. The number of likely N-dealkylation sites (N-methyl/N-ethyl adjacent to an activating group) is 1. The highest BCUT2D eigenvalue weighted by Crippen LogP contribution is 2.20. The number of anilines is 1. The lowest BCUT2D eigenvalue weighted by molar-refractivity contribution is 0.0674. The summed E-state index contributed by atoms with van der Waals surface area (Å²) in [6.45, 7) is 7.87. The Balaban J connectivity index is 2.07. The van der Waals surface area contributed by atoms with Crippen LogP contribution in [0.5, 0.6) is 0 Å². The number of hydrogen-bond acceptors (Lipinski definition) is 6. The smallest absolute Gasteiger partial charge is 0.285 e. The van der Waals surface area contributed by atoms with Crippen molar-refractivity contribution in [2.24, 2.45) is 0 Å². The first-order chi connectivity index (χ1) is 10.2. The van der Waals surface area contributed by atoms with Gasteiger partial charge in [-0.2, -0.15) is 0 Å². The van der Waals surface area contributed by atoms with Crippen molar-refractivity contribution < 1.29 is 4.79 Å². The minimum atomic E-state index is 0.0270. The van der Waals surface area contributed by atoms with Crippen LogP contribution in [0.3, 0.4) is 0 Å². The topological polar surface area (TPSA) is 61.4 Å². The molecule has 6 nitrogen and oxygen atoms in total. The molecule has 1 amide bonds. The Kier molecular flexibility index (Phi) is 5.93. The molecule has 7 heteroatoms. The van der Waals surface area contributed by atoms with Crippen molar-refractivity contribution in [1.82, 2.24) is 20.0 Å². The molecular weight excluding hydrogens is 286 g/mol. The zero-order chi connectivity index (χ0) is 15.2. The quantitative estimate of drug-likeness (QED) is 0.900. The minimum absolute atomic E-state index is 0.0270. The molecule has 1 atom stereocenters. The van der Waals surface area contributed by atoms with Crippen molar-refractivity contribution >= 4 is 22.4 Å². The zero-order valence-electron chi connectivity index (χ0n) is 13.1. The second-order valence-electron chi connectivity index (χ2n) is 5.52. The molecule has 1 aromatic heterocycles. The Morgan fingerprint density at radius 3 is 2.90 bits per heavy atom. The van der Waals surface area contributed by atoms with E-state index < -0.39 is 0 Å². The third-order valence-electron chi connectivity index (χ3n) is 3.77. The summed E-state index contributed by atoms with van der Waals surface area (Å²) < 4.78 is 0. The molecule has 1 aliphatic rings. The highest BCUT2D eigenvalue weighted by molar-refractivity contribution is 7.17. The molecule has 1 aliphatic heterocycles. The molecule has 0 bridgehead atoms. The molecule has 0 aliphatic carbocycles. The van der Waals surface area contributed by atoms with E-state index in [1.807, 2.05) is 4.90 Å². The summed E-state index contributed by atoms with van der Waals surface area (Å²) in [6.07, 6.45) is 3.01. The third kappa shape index (κ3) is 4.14. The first kappa shape index (κ1) is 16.2. The number of nitrogens with zero attached hydrogens (tertiary/aromatic N) is 4. The van der Waals surface area contributed by atoms with E-state index in [4.69, 9.17) is 0 Å². The lowest BCUT2D eigenvalue weighted by Gasteiger charge is -2.29. The average molecular weight is 311 g/mol. The van der Waals surface area contributed by atoms with Gasteiger partial charge >= 0.3 is 0 Å². The van der Waals surface area contributed by atoms with Gasteiger partial charge in [0, 0.05) is 25.7 Å². The molecule has 0 radical (unpaired) electrons. The van der Waals surface area contributed by atoms with Crippen LogP contribution >= 0.6 is 11.3 Å². The van der Waals surface area contributed by atoms with Crippen LogP contribution in [0.4, 0.5) is 5.13 Å². The van der Waals surface area contributed by atoms with Crippen LogP contribution in [0, 0.1) is 0 Å². The van der Waals surface area contributed by atoms with E-state index >= 15 is 0 Å². The van der Waals surface area contributed by atoms with Crippen molar-refractivity contribution in [3.63, 3.8) is 0 Å². The SMILES string of the molecule is CCCNc1nnc(C(=O)N2CCCN(C)CC2CC)s1. The van der Waals surface area contributed by atoms with Crippen LogP contribution in [0.25, 0.3) is 0 Å². The molecule has 21 heavy (non-hydrogen) atoms. The van der Waals surface area contributed by atoms with Crippen LogP contribution in [0.1, 0.15) is 42.9 Å². The van der Waals surface area contributed by atoms with Gasteiger partial charge in [-0.3, -0.25) is 4.79 Å². The summed E-state index contributed by atoms with van der Waals surface area (Å²) in [5.41, 5.74) is 0. The summed E-state index contributed by atoms with van der Waals surface area (Å²) in [6, 6.07) is 0.265. The monoisotopic (exact) mass is 311 g/mol. The highest BCUT2D eigenvalue weighted by atomic mass is 32.1. The van der Waals surface area contributed by atoms with E-state index in [9.17, 15) is 4.79 Å². The maximum absolute atomic E-state index is 12.7. The Labute approximate surface area is 130 Å². The number of amides is 1. The number of carbonyl (C=O) groups is 1. The fourth-order valence-electron chi connectivity index (χ4n) is 2.60. The van der Waals surface area contributed by atoms with Crippen LogP contribution in [0.15, 0.2) is 0 Å². The lowest BCUT2D eigenvalue weighted by Crippen LogP contribution is -2.43. The lowest BCUT2D eigenvalue weighted by atomic mass is 10.2. The molecule has 1 fully saturated rings. The minimum Gasteiger partial charge on any atom is -0.360 e. The molecule has 0 spiro atoms. The van der Waals surface area contributed by atoms with Gasteiger partial charge in [0.05, 0.1) is 0 Å². The second-order valence-corrected chi connectivity index (χ2v) is 6.49. The maximum Gasteiger partial charge on any atom is 0.285 e. The fraction of sp³-hybridized carbons (Fsp3) is 0.786. The Bertz CT molecular complexity index is 464. The Hall–Kier alpha value is -1.21.